The zero-order valence-corrected chi connectivity index (χ0v) is 10.3. The quantitative estimate of drug-likeness (QED) is 0.645. The molecule has 0 radical (unpaired) electrons. The summed E-state index contributed by atoms with van der Waals surface area (Å²) in [6.07, 6.45) is 0. The molecule has 0 spiro atoms. The first kappa shape index (κ1) is 11.9. The predicted octanol–water partition coefficient (Wildman–Crippen LogP) is 1.75. The molecule has 1 rings (SSSR count). The van der Waals surface area contributed by atoms with Crippen LogP contribution in [0.25, 0.3) is 0 Å². The Bertz CT molecular complexity index is 432. The number of halogens is 1. The average molecular weight is 315 g/mol. The molecular weight excluding hydrogens is 305 g/mol. The van der Waals surface area contributed by atoms with Crippen molar-refractivity contribution in [3.8, 4) is 17.6 Å². The predicted molar refractivity (Wildman–Crippen MR) is 66.6 cm³/mol. The van der Waals surface area contributed by atoms with E-state index in [9.17, 15) is 9.90 Å². The van der Waals surface area contributed by atoms with Crippen LogP contribution in [0, 0.1) is 15.4 Å². The van der Waals surface area contributed by atoms with Crippen LogP contribution in [0.1, 0.15) is 17.3 Å². The van der Waals surface area contributed by atoms with E-state index in [2.05, 4.69) is 17.2 Å². The topological polar surface area (TPSA) is 49.3 Å². The van der Waals surface area contributed by atoms with Crippen LogP contribution >= 0.6 is 22.6 Å². The van der Waals surface area contributed by atoms with Crippen LogP contribution in [0.4, 0.5) is 0 Å². The van der Waals surface area contributed by atoms with Crippen LogP contribution in [0.2, 0.25) is 0 Å². The Balaban J connectivity index is 2.72. The number of nitrogens with one attached hydrogen (secondary N) is 1. The number of aromatic hydroxyl groups is 1. The first-order valence-corrected chi connectivity index (χ1v) is 5.39. The van der Waals surface area contributed by atoms with Crippen LogP contribution < -0.4 is 5.32 Å². The smallest absolute Gasteiger partial charge is 0.252 e. The third-order valence-electron chi connectivity index (χ3n) is 1.72. The highest BCUT2D eigenvalue weighted by Crippen LogP contribution is 2.20. The standard InChI is InChI=1S/C11H10INO2/c1-2-3-6-13-11(15)8-4-5-9(12)10(14)7-8/h4-5,7,14H,6H2,1H3,(H,13,15). The number of phenols is 1. The van der Waals surface area contributed by atoms with Gasteiger partial charge >= 0.3 is 0 Å². The zero-order valence-electron chi connectivity index (χ0n) is 8.17. The molecule has 0 aliphatic rings. The van der Waals surface area contributed by atoms with Gasteiger partial charge in [-0.15, -0.1) is 5.92 Å². The Morgan fingerprint density at radius 3 is 2.93 bits per heavy atom. The molecular formula is C11H10INO2. The lowest BCUT2D eigenvalue weighted by Crippen LogP contribution is -2.23. The number of hydrogen-bond acceptors (Lipinski definition) is 2. The fourth-order valence-electron chi connectivity index (χ4n) is 0.969. The molecule has 0 saturated carbocycles. The summed E-state index contributed by atoms with van der Waals surface area (Å²) in [6.45, 7) is 2.03. The maximum Gasteiger partial charge on any atom is 0.252 e. The minimum Gasteiger partial charge on any atom is -0.507 e. The molecule has 0 atom stereocenters. The summed E-state index contributed by atoms with van der Waals surface area (Å²) >= 11 is 2.00. The number of benzene rings is 1. The zero-order chi connectivity index (χ0) is 11.3. The maximum absolute atomic E-state index is 11.5. The molecule has 0 heterocycles. The van der Waals surface area contributed by atoms with E-state index in [1.807, 2.05) is 22.6 Å². The van der Waals surface area contributed by atoms with E-state index in [1.54, 1.807) is 19.1 Å². The summed E-state index contributed by atoms with van der Waals surface area (Å²) in [5.41, 5.74) is 0.436. The van der Waals surface area contributed by atoms with Crippen molar-refractivity contribution in [1.82, 2.24) is 5.32 Å². The molecule has 0 aliphatic heterocycles. The second kappa shape index (κ2) is 5.61. The van der Waals surface area contributed by atoms with Gasteiger partial charge in [-0.25, -0.2) is 0 Å². The van der Waals surface area contributed by atoms with Crippen molar-refractivity contribution in [2.45, 2.75) is 6.92 Å². The van der Waals surface area contributed by atoms with E-state index in [0.717, 1.165) is 3.57 Å². The summed E-state index contributed by atoms with van der Waals surface area (Å²) in [7, 11) is 0. The molecule has 15 heavy (non-hydrogen) atoms. The van der Waals surface area contributed by atoms with Gasteiger partial charge in [-0.1, -0.05) is 5.92 Å². The van der Waals surface area contributed by atoms with Gasteiger partial charge in [0, 0.05) is 5.56 Å². The average Bonchev–Trinajstić information content (AvgIpc) is 2.22. The molecule has 4 heteroatoms. The summed E-state index contributed by atoms with van der Waals surface area (Å²) in [5.74, 6) is 5.29. The third-order valence-corrected chi connectivity index (χ3v) is 2.63. The number of rotatable bonds is 2. The van der Waals surface area contributed by atoms with E-state index in [4.69, 9.17) is 0 Å². The summed E-state index contributed by atoms with van der Waals surface area (Å²) < 4.78 is 0.720. The maximum atomic E-state index is 11.5. The molecule has 1 aromatic rings. The van der Waals surface area contributed by atoms with E-state index in [1.165, 1.54) is 6.07 Å². The Kier molecular flexibility index (Phi) is 4.43. The van der Waals surface area contributed by atoms with Gasteiger partial charge in [0.2, 0.25) is 0 Å². The van der Waals surface area contributed by atoms with Crippen LogP contribution in [0.5, 0.6) is 5.75 Å². The summed E-state index contributed by atoms with van der Waals surface area (Å²) in [5, 5.41) is 12.0. The fraction of sp³-hybridized carbons (Fsp3) is 0.182. The first-order chi connectivity index (χ1) is 7.15. The number of carbonyl (C=O) groups is 1. The Labute approximate surface area is 102 Å². The lowest BCUT2D eigenvalue weighted by Gasteiger charge is -2.03. The Hall–Kier alpha value is -1.22. The van der Waals surface area contributed by atoms with Gasteiger partial charge in [-0.05, 0) is 47.7 Å². The van der Waals surface area contributed by atoms with E-state index >= 15 is 0 Å². The molecule has 1 aromatic carbocycles. The minimum atomic E-state index is -0.232. The molecule has 1 amide bonds. The fourth-order valence-corrected chi connectivity index (χ4v) is 1.30. The second-order valence-corrected chi connectivity index (χ2v) is 3.94. The van der Waals surface area contributed by atoms with Crippen molar-refractivity contribution < 1.29 is 9.90 Å². The highest BCUT2D eigenvalue weighted by Gasteiger charge is 2.06. The number of carbonyl (C=O) groups excluding carboxylic acids is 1. The molecule has 0 saturated heterocycles. The molecule has 0 unspecified atom stereocenters. The van der Waals surface area contributed by atoms with Crippen molar-refractivity contribution >= 4 is 28.5 Å². The molecule has 3 nitrogen and oxygen atoms in total. The molecule has 0 aromatic heterocycles. The molecule has 0 fully saturated rings. The van der Waals surface area contributed by atoms with Gasteiger partial charge in [0.1, 0.15) is 5.75 Å². The van der Waals surface area contributed by atoms with Crippen molar-refractivity contribution in [2.75, 3.05) is 6.54 Å². The number of amides is 1. The Morgan fingerprint density at radius 1 is 1.60 bits per heavy atom. The highest BCUT2D eigenvalue weighted by atomic mass is 127. The van der Waals surface area contributed by atoms with Crippen LogP contribution in [-0.2, 0) is 0 Å². The van der Waals surface area contributed by atoms with Crippen molar-refractivity contribution in [1.29, 1.82) is 0 Å². The summed E-state index contributed by atoms with van der Waals surface area (Å²) in [4.78, 5) is 11.5. The molecule has 0 bridgehead atoms. The van der Waals surface area contributed by atoms with Gasteiger partial charge in [0.05, 0.1) is 10.1 Å². The number of phenolic OH excluding ortho intramolecular Hbond substituents is 1. The molecule has 0 aliphatic carbocycles. The highest BCUT2D eigenvalue weighted by molar-refractivity contribution is 14.1. The van der Waals surface area contributed by atoms with Gasteiger partial charge in [-0.3, -0.25) is 4.79 Å². The van der Waals surface area contributed by atoms with E-state index < -0.39 is 0 Å². The lowest BCUT2D eigenvalue weighted by molar-refractivity contribution is 0.0958. The third kappa shape index (κ3) is 3.44. The molecule has 78 valence electrons. The minimum absolute atomic E-state index is 0.116. The van der Waals surface area contributed by atoms with Crippen molar-refractivity contribution in [3.05, 3.63) is 27.3 Å². The van der Waals surface area contributed by atoms with Gasteiger partial charge in [0.15, 0.2) is 0 Å². The largest absolute Gasteiger partial charge is 0.507 e. The van der Waals surface area contributed by atoms with Gasteiger partial charge < -0.3 is 10.4 Å². The van der Waals surface area contributed by atoms with Crippen LogP contribution in [0.3, 0.4) is 0 Å². The monoisotopic (exact) mass is 315 g/mol. The van der Waals surface area contributed by atoms with E-state index in [0.29, 0.717) is 12.1 Å². The van der Waals surface area contributed by atoms with Gasteiger partial charge in [0.25, 0.3) is 5.91 Å². The molecule has 2 N–H and O–H groups in total. The van der Waals surface area contributed by atoms with Crippen LogP contribution in [0.15, 0.2) is 18.2 Å². The van der Waals surface area contributed by atoms with Crippen molar-refractivity contribution in [3.63, 3.8) is 0 Å². The van der Waals surface area contributed by atoms with Crippen LogP contribution in [-0.4, -0.2) is 17.6 Å². The SMILES string of the molecule is CC#CCNC(=O)c1ccc(I)c(O)c1. The second-order valence-electron chi connectivity index (χ2n) is 2.78. The van der Waals surface area contributed by atoms with Gasteiger partial charge in [-0.2, -0.15) is 0 Å². The lowest BCUT2D eigenvalue weighted by atomic mass is 10.2. The van der Waals surface area contributed by atoms with Crippen molar-refractivity contribution in [2.24, 2.45) is 0 Å². The first-order valence-electron chi connectivity index (χ1n) is 4.31. The Morgan fingerprint density at radius 2 is 2.33 bits per heavy atom. The number of hydrogen-bond donors (Lipinski definition) is 2. The summed E-state index contributed by atoms with van der Waals surface area (Å²) in [6, 6.07) is 4.79. The normalized spacial score (nSPS) is 8.93. The van der Waals surface area contributed by atoms with E-state index in [-0.39, 0.29) is 11.7 Å².